The van der Waals surface area contributed by atoms with Gasteiger partial charge in [-0.15, -0.1) is 0 Å². The van der Waals surface area contributed by atoms with Crippen molar-refractivity contribution >= 4 is 22.6 Å². The van der Waals surface area contributed by atoms with E-state index in [0.29, 0.717) is 5.56 Å². The van der Waals surface area contributed by atoms with E-state index in [2.05, 4.69) is 21.7 Å². The summed E-state index contributed by atoms with van der Waals surface area (Å²) in [7, 11) is 0. The molecule has 1 aliphatic heterocycles. The molecule has 5 heteroatoms. The molecule has 2 aromatic rings. The van der Waals surface area contributed by atoms with Crippen molar-refractivity contribution in [2.45, 2.75) is 6.92 Å². The van der Waals surface area contributed by atoms with Crippen LogP contribution in [-0.4, -0.2) is 53.7 Å². The molecule has 1 aromatic heterocycles. The van der Waals surface area contributed by atoms with Gasteiger partial charge in [0.15, 0.2) is 0 Å². The molecule has 2 heterocycles. The fourth-order valence-electron chi connectivity index (χ4n) is 2.82. The van der Waals surface area contributed by atoms with Crippen molar-refractivity contribution < 1.29 is 9.90 Å². The summed E-state index contributed by atoms with van der Waals surface area (Å²) in [5, 5.41) is 11.0. The molecule has 1 aliphatic rings. The molecule has 0 spiro atoms. The van der Waals surface area contributed by atoms with E-state index in [1.165, 1.54) is 0 Å². The van der Waals surface area contributed by atoms with Crippen LogP contribution in [0.15, 0.2) is 30.5 Å². The summed E-state index contributed by atoms with van der Waals surface area (Å²) in [6, 6.07) is 7.10. The summed E-state index contributed by atoms with van der Waals surface area (Å²) in [6.07, 6.45) is 1.76. The molecule has 5 nitrogen and oxygen atoms in total. The second-order valence-corrected chi connectivity index (χ2v) is 5.30. The minimum atomic E-state index is -0.896. The lowest BCUT2D eigenvalue weighted by atomic mass is 10.1. The number of carboxylic acid groups (broad SMARTS) is 1. The van der Waals surface area contributed by atoms with Gasteiger partial charge in [-0.05, 0) is 36.2 Å². The third kappa shape index (κ3) is 2.69. The molecule has 1 N–H and O–H groups in total. The van der Waals surface area contributed by atoms with Gasteiger partial charge in [0.2, 0.25) is 0 Å². The molecule has 0 unspecified atom stereocenters. The van der Waals surface area contributed by atoms with E-state index >= 15 is 0 Å². The maximum Gasteiger partial charge on any atom is 0.335 e. The minimum Gasteiger partial charge on any atom is -0.478 e. The van der Waals surface area contributed by atoms with Crippen LogP contribution in [0.25, 0.3) is 10.8 Å². The van der Waals surface area contributed by atoms with Crippen molar-refractivity contribution in [3.63, 3.8) is 0 Å². The largest absolute Gasteiger partial charge is 0.478 e. The highest BCUT2D eigenvalue weighted by Gasteiger charge is 2.18. The number of aromatic carboxylic acids is 1. The Labute approximate surface area is 123 Å². The molecule has 0 amide bonds. The molecule has 0 atom stereocenters. The predicted molar refractivity (Wildman–Crippen MR) is 83.0 cm³/mol. The van der Waals surface area contributed by atoms with E-state index in [-0.39, 0.29) is 0 Å². The Kier molecular flexibility index (Phi) is 3.75. The Morgan fingerprint density at radius 3 is 2.67 bits per heavy atom. The van der Waals surface area contributed by atoms with Crippen LogP contribution in [0, 0.1) is 0 Å². The number of carbonyl (C=O) groups is 1. The zero-order valence-electron chi connectivity index (χ0n) is 12.1. The van der Waals surface area contributed by atoms with Gasteiger partial charge in [-0.2, -0.15) is 0 Å². The Balaban J connectivity index is 1.94. The van der Waals surface area contributed by atoms with Gasteiger partial charge in [0.05, 0.1) is 5.56 Å². The molecule has 1 aromatic carbocycles. The van der Waals surface area contributed by atoms with Crippen LogP contribution in [0.5, 0.6) is 0 Å². The molecule has 3 rings (SSSR count). The van der Waals surface area contributed by atoms with Crippen LogP contribution >= 0.6 is 0 Å². The summed E-state index contributed by atoms with van der Waals surface area (Å²) >= 11 is 0. The monoisotopic (exact) mass is 285 g/mol. The molecule has 0 radical (unpaired) electrons. The summed E-state index contributed by atoms with van der Waals surface area (Å²) in [6.45, 7) is 7.27. The number of benzene rings is 1. The first-order valence-electron chi connectivity index (χ1n) is 7.28. The van der Waals surface area contributed by atoms with Crippen LogP contribution in [0.1, 0.15) is 17.3 Å². The second kappa shape index (κ2) is 5.69. The normalized spacial score (nSPS) is 16.3. The molecule has 1 fully saturated rings. The Bertz CT molecular complexity index is 664. The highest BCUT2D eigenvalue weighted by Crippen LogP contribution is 2.26. The Morgan fingerprint density at radius 1 is 1.24 bits per heavy atom. The van der Waals surface area contributed by atoms with Crippen molar-refractivity contribution in [1.82, 2.24) is 9.88 Å². The molecule has 0 saturated carbocycles. The average Bonchev–Trinajstić information content (AvgIpc) is 2.54. The second-order valence-electron chi connectivity index (χ2n) is 5.30. The van der Waals surface area contributed by atoms with Gasteiger partial charge in [-0.25, -0.2) is 9.78 Å². The summed E-state index contributed by atoms with van der Waals surface area (Å²) in [4.78, 5) is 20.3. The van der Waals surface area contributed by atoms with Gasteiger partial charge in [0.1, 0.15) is 5.82 Å². The first kappa shape index (κ1) is 13.8. The van der Waals surface area contributed by atoms with Gasteiger partial charge in [-0.3, -0.25) is 0 Å². The number of fused-ring (bicyclic) bond motifs is 1. The first-order valence-corrected chi connectivity index (χ1v) is 7.28. The summed E-state index contributed by atoms with van der Waals surface area (Å²) < 4.78 is 0. The van der Waals surface area contributed by atoms with Crippen molar-refractivity contribution in [2.24, 2.45) is 0 Å². The van der Waals surface area contributed by atoms with Crippen LogP contribution in [0.2, 0.25) is 0 Å². The molecule has 110 valence electrons. The third-order valence-corrected chi connectivity index (χ3v) is 4.11. The van der Waals surface area contributed by atoms with Gasteiger partial charge in [0, 0.05) is 37.8 Å². The zero-order chi connectivity index (χ0) is 14.8. The van der Waals surface area contributed by atoms with Crippen LogP contribution in [0.3, 0.4) is 0 Å². The van der Waals surface area contributed by atoms with E-state index in [0.717, 1.165) is 49.3 Å². The van der Waals surface area contributed by atoms with E-state index in [4.69, 9.17) is 5.11 Å². The van der Waals surface area contributed by atoms with E-state index in [1.807, 2.05) is 12.1 Å². The number of aromatic nitrogens is 1. The Morgan fingerprint density at radius 2 is 2.00 bits per heavy atom. The van der Waals surface area contributed by atoms with Crippen molar-refractivity contribution in [2.75, 3.05) is 37.6 Å². The van der Waals surface area contributed by atoms with E-state index in [9.17, 15) is 4.79 Å². The van der Waals surface area contributed by atoms with Crippen LogP contribution in [-0.2, 0) is 0 Å². The number of piperazine rings is 1. The first-order chi connectivity index (χ1) is 10.2. The SMILES string of the molecule is CCN1CCN(c2nccc3cc(C(=O)O)ccc23)CC1. The fraction of sp³-hybridized carbons (Fsp3) is 0.375. The van der Waals surface area contributed by atoms with Gasteiger partial charge < -0.3 is 14.9 Å². The molecule has 0 aliphatic carbocycles. The summed E-state index contributed by atoms with van der Waals surface area (Å²) in [5.41, 5.74) is 0.315. The Hall–Kier alpha value is -2.14. The highest BCUT2D eigenvalue weighted by atomic mass is 16.4. The van der Waals surface area contributed by atoms with Gasteiger partial charge in [-0.1, -0.05) is 6.92 Å². The highest BCUT2D eigenvalue weighted by molar-refractivity contribution is 5.98. The topological polar surface area (TPSA) is 56.7 Å². The minimum absolute atomic E-state index is 0.315. The van der Waals surface area contributed by atoms with E-state index < -0.39 is 5.97 Å². The molecular weight excluding hydrogens is 266 g/mol. The maximum atomic E-state index is 11.1. The molecule has 21 heavy (non-hydrogen) atoms. The number of hydrogen-bond acceptors (Lipinski definition) is 4. The van der Waals surface area contributed by atoms with Gasteiger partial charge in [0.25, 0.3) is 0 Å². The van der Waals surface area contributed by atoms with E-state index in [1.54, 1.807) is 18.3 Å². The molecule has 0 bridgehead atoms. The molecular formula is C16H19N3O2. The lowest BCUT2D eigenvalue weighted by Gasteiger charge is -2.35. The van der Waals surface area contributed by atoms with Crippen molar-refractivity contribution in [1.29, 1.82) is 0 Å². The lowest BCUT2D eigenvalue weighted by Crippen LogP contribution is -2.46. The summed E-state index contributed by atoms with van der Waals surface area (Å²) in [5.74, 6) is 0.0621. The standard InChI is InChI=1S/C16H19N3O2/c1-2-18-7-9-19(10-8-18)15-14-4-3-13(16(20)21)11-12(14)5-6-17-15/h3-6,11H,2,7-10H2,1H3,(H,20,21). The van der Waals surface area contributed by atoms with Crippen LogP contribution < -0.4 is 4.90 Å². The third-order valence-electron chi connectivity index (χ3n) is 4.11. The van der Waals surface area contributed by atoms with Crippen molar-refractivity contribution in [3.05, 3.63) is 36.0 Å². The zero-order valence-corrected chi connectivity index (χ0v) is 12.1. The number of hydrogen-bond donors (Lipinski definition) is 1. The number of carboxylic acids is 1. The lowest BCUT2D eigenvalue weighted by molar-refractivity contribution is 0.0697. The predicted octanol–water partition coefficient (Wildman–Crippen LogP) is 2.07. The number of nitrogens with zero attached hydrogens (tertiary/aromatic N) is 3. The number of anilines is 1. The number of rotatable bonds is 3. The maximum absolute atomic E-state index is 11.1. The number of likely N-dealkylation sites (N-methyl/N-ethyl adjacent to an activating group) is 1. The molecule has 1 saturated heterocycles. The van der Waals surface area contributed by atoms with Crippen LogP contribution in [0.4, 0.5) is 5.82 Å². The number of pyridine rings is 1. The average molecular weight is 285 g/mol. The fourth-order valence-corrected chi connectivity index (χ4v) is 2.82. The smallest absolute Gasteiger partial charge is 0.335 e. The van der Waals surface area contributed by atoms with Crippen molar-refractivity contribution in [3.8, 4) is 0 Å². The van der Waals surface area contributed by atoms with Gasteiger partial charge >= 0.3 is 5.97 Å². The quantitative estimate of drug-likeness (QED) is 0.935.